The van der Waals surface area contributed by atoms with Crippen molar-refractivity contribution in [1.82, 2.24) is 10.6 Å². The Hall–Kier alpha value is -1.30. The van der Waals surface area contributed by atoms with Gasteiger partial charge in [-0.3, -0.25) is 9.59 Å². The largest absolute Gasteiger partial charge is 0.347 e. The molecule has 5 nitrogen and oxygen atoms in total. The first-order valence-corrected chi connectivity index (χ1v) is 8.86. The number of nitrogens with one attached hydrogen (secondary N) is 3. The maximum absolute atomic E-state index is 12.3. The molecule has 2 amide bonds. The summed E-state index contributed by atoms with van der Waals surface area (Å²) in [7, 11) is 0. The van der Waals surface area contributed by atoms with Crippen molar-refractivity contribution in [2.24, 2.45) is 0 Å². The highest BCUT2D eigenvalue weighted by Crippen LogP contribution is 2.22. The Kier molecular flexibility index (Phi) is 8.19. The van der Waals surface area contributed by atoms with Crippen LogP contribution < -0.4 is 16.0 Å². The van der Waals surface area contributed by atoms with Crippen LogP contribution in [0.3, 0.4) is 0 Å². The molecule has 0 aliphatic carbocycles. The summed E-state index contributed by atoms with van der Waals surface area (Å²) in [5.41, 5.74) is 0.718. The summed E-state index contributed by atoms with van der Waals surface area (Å²) in [5, 5.41) is 9.35. The number of carbonyl (C=O) groups is 2. The Bertz CT molecular complexity index is 614. The average Bonchev–Trinajstić information content (AvgIpc) is 2.55. The Morgan fingerprint density at radius 1 is 1.32 bits per heavy atom. The lowest BCUT2D eigenvalue weighted by Crippen LogP contribution is -2.43. The first-order chi connectivity index (χ1) is 11.3. The van der Waals surface area contributed by atoms with Gasteiger partial charge < -0.3 is 16.0 Å². The molecule has 2 rings (SSSR count). The standard InChI is InChI=1S/C18H26ClN3O2.ClH/c1-4-18(2,3)22-16(23)13-9-8-12(11-14(13)19)21-17(24)15-7-5-6-10-20-15;/h8-9,11,15,20H,4-7,10H2,1-3H3,(H,21,24)(H,22,23);1H. The normalized spacial score (nSPS) is 17.4. The van der Waals surface area contributed by atoms with Gasteiger partial charge >= 0.3 is 0 Å². The Morgan fingerprint density at radius 2 is 2.04 bits per heavy atom. The molecule has 3 N–H and O–H groups in total. The molecule has 0 aromatic heterocycles. The lowest BCUT2D eigenvalue weighted by molar-refractivity contribution is -0.118. The summed E-state index contributed by atoms with van der Waals surface area (Å²) in [6, 6.07) is 4.81. The minimum absolute atomic E-state index is 0. The second-order valence-electron chi connectivity index (χ2n) is 6.88. The second kappa shape index (κ2) is 9.41. The molecule has 0 radical (unpaired) electrons. The maximum Gasteiger partial charge on any atom is 0.253 e. The van der Waals surface area contributed by atoms with Gasteiger partial charge in [0.25, 0.3) is 5.91 Å². The van der Waals surface area contributed by atoms with Gasteiger partial charge in [0.05, 0.1) is 16.6 Å². The maximum atomic E-state index is 12.3. The number of amides is 2. The molecule has 1 aromatic rings. The minimum atomic E-state index is -0.292. The monoisotopic (exact) mass is 387 g/mol. The molecule has 1 aromatic carbocycles. The first kappa shape index (κ1) is 21.7. The van der Waals surface area contributed by atoms with Gasteiger partial charge in [0.1, 0.15) is 0 Å². The number of rotatable bonds is 5. The number of hydrogen-bond acceptors (Lipinski definition) is 3. The fourth-order valence-corrected chi connectivity index (χ4v) is 2.81. The van der Waals surface area contributed by atoms with Crippen LogP contribution in [0.5, 0.6) is 0 Å². The van der Waals surface area contributed by atoms with Crippen molar-refractivity contribution < 1.29 is 9.59 Å². The van der Waals surface area contributed by atoms with Gasteiger partial charge in [0, 0.05) is 11.2 Å². The van der Waals surface area contributed by atoms with Crippen molar-refractivity contribution in [3.8, 4) is 0 Å². The molecule has 1 heterocycles. The zero-order chi connectivity index (χ0) is 17.7. The Labute approximate surface area is 160 Å². The number of hydrogen-bond donors (Lipinski definition) is 3. The molecule has 1 atom stereocenters. The first-order valence-electron chi connectivity index (χ1n) is 8.49. The second-order valence-corrected chi connectivity index (χ2v) is 7.29. The van der Waals surface area contributed by atoms with Crippen LogP contribution in [-0.2, 0) is 4.79 Å². The summed E-state index contributed by atoms with van der Waals surface area (Å²) < 4.78 is 0. The van der Waals surface area contributed by atoms with E-state index in [4.69, 9.17) is 11.6 Å². The summed E-state index contributed by atoms with van der Waals surface area (Å²) in [6.07, 6.45) is 3.82. The van der Waals surface area contributed by atoms with Crippen molar-refractivity contribution in [1.29, 1.82) is 0 Å². The SMILES string of the molecule is CCC(C)(C)NC(=O)c1ccc(NC(=O)C2CCCCN2)cc1Cl.Cl. The quantitative estimate of drug-likeness (QED) is 0.719. The summed E-state index contributed by atoms with van der Waals surface area (Å²) >= 11 is 6.24. The lowest BCUT2D eigenvalue weighted by Gasteiger charge is -2.25. The van der Waals surface area contributed by atoms with E-state index in [0.29, 0.717) is 16.3 Å². The molecule has 1 fully saturated rings. The highest BCUT2D eigenvalue weighted by Gasteiger charge is 2.22. The predicted molar refractivity (Wildman–Crippen MR) is 105 cm³/mol. The van der Waals surface area contributed by atoms with Crippen LogP contribution in [0.1, 0.15) is 56.8 Å². The average molecular weight is 388 g/mol. The molecule has 0 spiro atoms. The third kappa shape index (κ3) is 6.17. The molecule has 1 saturated heterocycles. The molecule has 0 saturated carbocycles. The number of piperidine rings is 1. The number of benzene rings is 1. The number of halogens is 2. The molecule has 7 heteroatoms. The molecular formula is C18H27Cl2N3O2. The summed E-state index contributed by atoms with van der Waals surface area (Å²) in [6.45, 7) is 6.81. The van der Waals surface area contributed by atoms with E-state index < -0.39 is 0 Å². The van der Waals surface area contributed by atoms with E-state index in [1.807, 2.05) is 20.8 Å². The third-order valence-electron chi connectivity index (χ3n) is 4.44. The van der Waals surface area contributed by atoms with Crippen LogP contribution in [0.25, 0.3) is 0 Å². The van der Waals surface area contributed by atoms with Gasteiger partial charge in [0.2, 0.25) is 5.91 Å². The van der Waals surface area contributed by atoms with Gasteiger partial charge in [-0.05, 0) is 57.9 Å². The molecule has 1 aliphatic rings. The number of anilines is 1. The lowest BCUT2D eigenvalue weighted by atomic mass is 10.0. The van der Waals surface area contributed by atoms with Crippen molar-refractivity contribution >= 4 is 41.5 Å². The van der Waals surface area contributed by atoms with E-state index in [0.717, 1.165) is 32.2 Å². The van der Waals surface area contributed by atoms with Crippen LogP contribution in [0.2, 0.25) is 5.02 Å². The predicted octanol–water partition coefficient (Wildman–Crippen LogP) is 3.76. The van der Waals surface area contributed by atoms with Crippen LogP contribution >= 0.6 is 24.0 Å². The fraction of sp³-hybridized carbons (Fsp3) is 0.556. The van der Waals surface area contributed by atoms with Gasteiger partial charge in [0.15, 0.2) is 0 Å². The fourth-order valence-electron chi connectivity index (χ4n) is 2.55. The molecule has 1 aliphatic heterocycles. The van der Waals surface area contributed by atoms with E-state index in [1.54, 1.807) is 18.2 Å². The van der Waals surface area contributed by atoms with Crippen LogP contribution in [-0.4, -0.2) is 29.9 Å². The highest BCUT2D eigenvalue weighted by atomic mass is 35.5. The molecule has 1 unspecified atom stereocenters. The van der Waals surface area contributed by atoms with Gasteiger partial charge in [-0.1, -0.05) is 24.9 Å². The van der Waals surface area contributed by atoms with E-state index in [-0.39, 0.29) is 35.8 Å². The van der Waals surface area contributed by atoms with E-state index >= 15 is 0 Å². The highest BCUT2D eigenvalue weighted by molar-refractivity contribution is 6.34. The van der Waals surface area contributed by atoms with Gasteiger partial charge in [-0.25, -0.2) is 0 Å². The molecular weight excluding hydrogens is 361 g/mol. The van der Waals surface area contributed by atoms with Crippen LogP contribution in [0, 0.1) is 0 Å². The summed E-state index contributed by atoms with van der Waals surface area (Å²) in [5.74, 6) is -0.270. The van der Waals surface area contributed by atoms with Crippen molar-refractivity contribution in [3.63, 3.8) is 0 Å². The minimum Gasteiger partial charge on any atom is -0.347 e. The topological polar surface area (TPSA) is 70.2 Å². The summed E-state index contributed by atoms with van der Waals surface area (Å²) in [4.78, 5) is 24.6. The zero-order valence-corrected chi connectivity index (χ0v) is 16.5. The van der Waals surface area contributed by atoms with Crippen LogP contribution in [0.15, 0.2) is 18.2 Å². The van der Waals surface area contributed by atoms with E-state index in [1.165, 1.54) is 0 Å². The molecule has 25 heavy (non-hydrogen) atoms. The smallest absolute Gasteiger partial charge is 0.253 e. The molecule has 0 bridgehead atoms. The van der Waals surface area contributed by atoms with Gasteiger partial charge in [-0.2, -0.15) is 0 Å². The Balaban J connectivity index is 0.00000312. The van der Waals surface area contributed by atoms with Crippen molar-refractivity contribution in [2.75, 3.05) is 11.9 Å². The van der Waals surface area contributed by atoms with E-state index in [9.17, 15) is 9.59 Å². The van der Waals surface area contributed by atoms with Crippen LogP contribution in [0.4, 0.5) is 5.69 Å². The van der Waals surface area contributed by atoms with Gasteiger partial charge in [-0.15, -0.1) is 12.4 Å². The number of carbonyl (C=O) groups excluding carboxylic acids is 2. The Morgan fingerprint density at radius 3 is 2.60 bits per heavy atom. The van der Waals surface area contributed by atoms with Crippen molar-refractivity contribution in [2.45, 2.75) is 58.0 Å². The molecule has 140 valence electrons. The third-order valence-corrected chi connectivity index (χ3v) is 4.76. The van der Waals surface area contributed by atoms with E-state index in [2.05, 4.69) is 16.0 Å². The van der Waals surface area contributed by atoms with Crippen molar-refractivity contribution in [3.05, 3.63) is 28.8 Å². The zero-order valence-electron chi connectivity index (χ0n) is 14.9.